The highest BCUT2D eigenvalue weighted by atomic mass is 32.2. The van der Waals surface area contributed by atoms with Gasteiger partial charge in [0.1, 0.15) is 18.2 Å². The van der Waals surface area contributed by atoms with Crippen molar-refractivity contribution in [3.63, 3.8) is 0 Å². The highest BCUT2D eigenvalue weighted by molar-refractivity contribution is 7.98. The van der Waals surface area contributed by atoms with E-state index in [1.165, 1.54) is 23.9 Å². The number of carbonyl (C=O) groups excluding carboxylic acids is 1. The summed E-state index contributed by atoms with van der Waals surface area (Å²) in [6.07, 6.45) is 0. The number of halogens is 1. The van der Waals surface area contributed by atoms with Crippen LogP contribution in [0.2, 0.25) is 0 Å². The van der Waals surface area contributed by atoms with Crippen molar-refractivity contribution in [2.45, 2.75) is 24.4 Å². The fraction of sp³-hybridized carbons (Fsp3) is 0.250. The zero-order valence-electron chi connectivity index (χ0n) is 10.3. The van der Waals surface area contributed by atoms with Crippen molar-refractivity contribution in [2.24, 2.45) is 5.73 Å². The fourth-order valence-electron chi connectivity index (χ4n) is 1.53. The van der Waals surface area contributed by atoms with Crippen molar-refractivity contribution < 1.29 is 9.18 Å². The summed E-state index contributed by atoms with van der Waals surface area (Å²) in [5.41, 5.74) is 6.15. The van der Waals surface area contributed by atoms with Crippen LogP contribution in [0.1, 0.15) is 11.4 Å². The highest BCUT2D eigenvalue weighted by Crippen LogP contribution is 2.21. The van der Waals surface area contributed by atoms with Gasteiger partial charge in [-0.25, -0.2) is 4.39 Å². The Morgan fingerprint density at radius 3 is 2.68 bits per heavy atom. The van der Waals surface area contributed by atoms with Crippen molar-refractivity contribution in [1.29, 1.82) is 0 Å². The van der Waals surface area contributed by atoms with Gasteiger partial charge in [0.15, 0.2) is 5.16 Å². The topological polar surface area (TPSA) is 73.8 Å². The van der Waals surface area contributed by atoms with Crippen LogP contribution in [0.5, 0.6) is 0 Å². The maximum atomic E-state index is 12.8. The average molecular weight is 280 g/mol. The molecule has 100 valence electrons. The van der Waals surface area contributed by atoms with E-state index in [1.54, 1.807) is 23.6 Å². The molecule has 0 unspecified atom stereocenters. The third-order valence-electron chi connectivity index (χ3n) is 2.50. The number of carbonyl (C=O) groups is 1. The van der Waals surface area contributed by atoms with Gasteiger partial charge in [-0.1, -0.05) is 23.9 Å². The molecule has 0 atom stereocenters. The number of hydrogen-bond acceptors (Lipinski definition) is 4. The number of thioether (sulfide) groups is 1. The van der Waals surface area contributed by atoms with Gasteiger partial charge in [-0.2, -0.15) is 0 Å². The molecule has 0 spiro atoms. The van der Waals surface area contributed by atoms with E-state index < -0.39 is 5.91 Å². The summed E-state index contributed by atoms with van der Waals surface area (Å²) in [6, 6.07) is 6.25. The number of nitrogens with two attached hydrogens (primary N) is 1. The molecule has 2 rings (SSSR count). The molecule has 2 aromatic rings. The van der Waals surface area contributed by atoms with Crippen LogP contribution in [0.25, 0.3) is 0 Å². The Kier molecular flexibility index (Phi) is 4.16. The summed E-state index contributed by atoms with van der Waals surface area (Å²) >= 11 is 1.43. The molecule has 0 fully saturated rings. The predicted molar refractivity (Wildman–Crippen MR) is 69.9 cm³/mol. The van der Waals surface area contributed by atoms with Crippen molar-refractivity contribution >= 4 is 17.7 Å². The summed E-state index contributed by atoms with van der Waals surface area (Å²) in [7, 11) is 0. The van der Waals surface area contributed by atoms with Crippen LogP contribution in [0.15, 0.2) is 29.4 Å². The lowest BCUT2D eigenvalue weighted by atomic mass is 10.2. The average Bonchev–Trinajstić information content (AvgIpc) is 2.70. The molecular weight excluding hydrogens is 267 g/mol. The van der Waals surface area contributed by atoms with E-state index >= 15 is 0 Å². The van der Waals surface area contributed by atoms with E-state index in [4.69, 9.17) is 5.73 Å². The van der Waals surface area contributed by atoms with Crippen LogP contribution in [0, 0.1) is 12.7 Å². The number of hydrogen-bond donors (Lipinski definition) is 1. The summed E-state index contributed by atoms with van der Waals surface area (Å²) < 4.78 is 14.4. The van der Waals surface area contributed by atoms with Crippen LogP contribution < -0.4 is 5.73 Å². The van der Waals surface area contributed by atoms with Gasteiger partial charge in [0, 0.05) is 5.75 Å². The smallest absolute Gasteiger partial charge is 0.237 e. The van der Waals surface area contributed by atoms with E-state index in [9.17, 15) is 9.18 Å². The van der Waals surface area contributed by atoms with E-state index in [-0.39, 0.29) is 12.4 Å². The minimum Gasteiger partial charge on any atom is -0.368 e. The molecule has 2 N–H and O–H groups in total. The number of primary amides is 1. The molecule has 0 aliphatic heterocycles. The first-order valence-corrected chi connectivity index (χ1v) is 6.60. The maximum Gasteiger partial charge on any atom is 0.237 e. The molecule has 0 aliphatic carbocycles. The second-order valence-electron chi connectivity index (χ2n) is 4.00. The quantitative estimate of drug-likeness (QED) is 0.842. The van der Waals surface area contributed by atoms with E-state index in [2.05, 4.69) is 10.2 Å². The number of benzene rings is 1. The Bertz CT molecular complexity index is 582. The van der Waals surface area contributed by atoms with E-state index in [1.807, 2.05) is 0 Å². The molecular formula is C12H13FN4OS. The third-order valence-corrected chi connectivity index (χ3v) is 3.53. The van der Waals surface area contributed by atoms with Crippen molar-refractivity contribution in [1.82, 2.24) is 14.8 Å². The largest absolute Gasteiger partial charge is 0.368 e. The van der Waals surface area contributed by atoms with Crippen molar-refractivity contribution in [3.8, 4) is 0 Å². The SMILES string of the molecule is Cc1nnc(SCc2ccc(F)cc2)n1CC(N)=O. The lowest BCUT2D eigenvalue weighted by molar-refractivity contribution is -0.118. The molecule has 1 heterocycles. The minimum absolute atomic E-state index is 0.0601. The first-order valence-electron chi connectivity index (χ1n) is 5.61. The van der Waals surface area contributed by atoms with E-state index in [0.717, 1.165) is 5.56 Å². The Morgan fingerprint density at radius 2 is 2.05 bits per heavy atom. The molecule has 0 aliphatic rings. The number of nitrogens with zero attached hydrogens (tertiary/aromatic N) is 3. The number of aromatic nitrogens is 3. The Labute approximate surface area is 114 Å². The third kappa shape index (κ3) is 3.54. The van der Waals surface area contributed by atoms with Gasteiger partial charge in [-0.05, 0) is 24.6 Å². The maximum absolute atomic E-state index is 12.8. The predicted octanol–water partition coefficient (Wildman–Crippen LogP) is 1.50. The molecule has 0 radical (unpaired) electrons. The number of rotatable bonds is 5. The lowest BCUT2D eigenvalue weighted by Gasteiger charge is -2.05. The van der Waals surface area contributed by atoms with Gasteiger partial charge in [0.05, 0.1) is 0 Å². The van der Waals surface area contributed by atoms with Gasteiger partial charge < -0.3 is 5.73 Å². The summed E-state index contributed by atoms with van der Waals surface area (Å²) in [5, 5.41) is 8.54. The van der Waals surface area contributed by atoms with Crippen LogP contribution >= 0.6 is 11.8 Å². The van der Waals surface area contributed by atoms with Gasteiger partial charge in [-0.15, -0.1) is 10.2 Å². The summed E-state index contributed by atoms with van der Waals surface area (Å²) in [6.45, 7) is 1.82. The zero-order chi connectivity index (χ0) is 13.8. The van der Waals surface area contributed by atoms with Crippen LogP contribution in [-0.4, -0.2) is 20.7 Å². The summed E-state index contributed by atoms with van der Waals surface area (Å²) in [5.74, 6) is 0.561. The summed E-state index contributed by atoms with van der Waals surface area (Å²) in [4.78, 5) is 11.0. The molecule has 0 saturated heterocycles. The highest BCUT2D eigenvalue weighted by Gasteiger charge is 2.11. The van der Waals surface area contributed by atoms with Gasteiger partial charge in [-0.3, -0.25) is 9.36 Å². The standard InChI is InChI=1S/C12H13FN4OS/c1-8-15-16-12(17(8)6-11(14)18)19-7-9-2-4-10(13)5-3-9/h2-5H,6-7H2,1H3,(H2,14,18). The molecule has 5 nitrogen and oxygen atoms in total. The number of amides is 1. The molecule has 7 heteroatoms. The second-order valence-corrected chi connectivity index (χ2v) is 4.94. The number of aryl methyl sites for hydroxylation is 1. The second kappa shape index (κ2) is 5.83. The van der Waals surface area contributed by atoms with E-state index in [0.29, 0.717) is 16.7 Å². The zero-order valence-corrected chi connectivity index (χ0v) is 11.2. The van der Waals surface area contributed by atoms with Crippen LogP contribution in [0.3, 0.4) is 0 Å². The molecule has 0 saturated carbocycles. The molecule has 1 aromatic heterocycles. The fourth-order valence-corrected chi connectivity index (χ4v) is 2.47. The molecule has 1 amide bonds. The minimum atomic E-state index is -0.438. The molecule has 19 heavy (non-hydrogen) atoms. The van der Waals surface area contributed by atoms with Crippen molar-refractivity contribution in [3.05, 3.63) is 41.5 Å². The Balaban J connectivity index is 2.07. The molecule has 1 aromatic carbocycles. The first kappa shape index (κ1) is 13.5. The molecule has 0 bridgehead atoms. The Morgan fingerprint density at radius 1 is 1.37 bits per heavy atom. The van der Waals surface area contributed by atoms with Crippen LogP contribution in [-0.2, 0) is 17.1 Å². The van der Waals surface area contributed by atoms with Crippen LogP contribution in [0.4, 0.5) is 4.39 Å². The monoisotopic (exact) mass is 280 g/mol. The van der Waals surface area contributed by atoms with Gasteiger partial charge in [0.25, 0.3) is 0 Å². The Hall–Kier alpha value is -1.89. The van der Waals surface area contributed by atoms with Gasteiger partial charge >= 0.3 is 0 Å². The lowest BCUT2D eigenvalue weighted by Crippen LogP contribution is -2.20. The normalized spacial score (nSPS) is 10.6. The van der Waals surface area contributed by atoms with Crippen molar-refractivity contribution in [2.75, 3.05) is 0 Å². The first-order chi connectivity index (χ1) is 9.06. The van der Waals surface area contributed by atoms with Gasteiger partial charge in [0.2, 0.25) is 5.91 Å².